The molecule has 0 unspecified atom stereocenters. The molecule has 180 valence electrons. The first-order valence-electron chi connectivity index (χ1n) is 11.5. The highest BCUT2D eigenvalue weighted by Gasteiger charge is 2.21. The molecule has 4 heterocycles. The van der Waals surface area contributed by atoms with Gasteiger partial charge in [0, 0.05) is 43.0 Å². The Morgan fingerprint density at radius 1 is 1.14 bits per heavy atom. The number of carbonyl (C=O) groups is 1. The summed E-state index contributed by atoms with van der Waals surface area (Å²) in [5.74, 6) is 1.77. The van der Waals surface area contributed by atoms with Gasteiger partial charge < -0.3 is 19.3 Å². The first-order chi connectivity index (χ1) is 17.1. The molecule has 1 aliphatic heterocycles. The van der Waals surface area contributed by atoms with Crippen LogP contribution in [0.2, 0.25) is 0 Å². The van der Waals surface area contributed by atoms with Gasteiger partial charge in [0.25, 0.3) is 0 Å². The van der Waals surface area contributed by atoms with Crippen molar-refractivity contribution in [2.24, 2.45) is 0 Å². The predicted octanol–water partition coefficient (Wildman–Crippen LogP) is 3.80. The number of ether oxygens (including phenoxy) is 2. The first-order valence-corrected chi connectivity index (χ1v) is 12.3. The molecule has 9 nitrogen and oxygen atoms in total. The average Bonchev–Trinajstić information content (AvgIpc) is 3.31. The van der Waals surface area contributed by atoms with E-state index in [4.69, 9.17) is 19.4 Å². The molecular formula is C25H26N6O3S. The number of morpholine rings is 1. The van der Waals surface area contributed by atoms with Gasteiger partial charge in [0.05, 0.1) is 42.1 Å². The fraction of sp³-hybridized carbons (Fsp3) is 0.320. The van der Waals surface area contributed by atoms with E-state index in [0.717, 1.165) is 45.4 Å². The van der Waals surface area contributed by atoms with E-state index in [1.165, 1.54) is 12.4 Å². The predicted molar refractivity (Wildman–Crippen MR) is 136 cm³/mol. The van der Waals surface area contributed by atoms with Crippen LogP contribution in [0.25, 0.3) is 21.6 Å². The third-order valence-corrected chi connectivity index (χ3v) is 6.74. The van der Waals surface area contributed by atoms with E-state index < -0.39 is 5.97 Å². The number of anilines is 2. The van der Waals surface area contributed by atoms with E-state index in [1.807, 2.05) is 42.3 Å². The van der Waals surface area contributed by atoms with Gasteiger partial charge in [-0.1, -0.05) is 30.3 Å². The molecule has 1 aromatic carbocycles. The summed E-state index contributed by atoms with van der Waals surface area (Å²) in [5.41, 5.74) is 2.25. The molecule has 1 fully saturated rings. The summed E-state index contributed by atoms with van der Waals surface area (Å²) < 4.78 is 11.6. The molecule has 5 rings (SSSR count). The van der Waals surface area contributed by atoms with Crippen molar-refractivity contribution in [1.29, 1.82) is 0 Å². The number of hydrogen-bond acceptors (Lipinski definition) is 10. The lowest BCUT2D eigenvalue weighted by Crippen LogP contribution is -2.36. The molecule has 0 saturated carbocycles. The average molecular weight is 491 g/mol. The smallest absolute Gasteiger partial charge is 0.341 e. The maximum atomic E-state index is 11.9. The number of carbonyl (C=O) groups excluding carboxylic acids is 1. The first kappa shape index (κ1) is 23.1. The normalized spacial score (nSPS) is 13.7. The number of esters is 1. The van der Waals surface area contributed by atoms with Gasteiger partial charge in [-0.3, -0.25) is 0 Å². The Morgan fingerprint density at radius 3 is 2.60 bits per heavy atom. The maximum absolute atomic E-state index is 11.9. The molecule has 35 heavy (non-hydrogen) atoms. The molecule has 3 aromatic heterocycles. The number of rotatable bonds is 7. The van der Waals surface area contributed by atoms with Crippen molar-refractivity contribution in [3.8, 4) is 11.4 Å². The van der Waals surface area contributed by atoms with Gasteiger partial charge in [-0.2, -0.15) is 0 Å². The lowest BCUT2D eigenvalue weighted by Gasteiger charge is -2.28. The summed E-state index contributed by atoms with van der Waals surface area (Å²) in [7, 11) is 1.92. The van der Waals surface area contributed by atoms with Crippen LogP contribution in [0.3, 0.4) is 0 Å². The van der Waals surface area contributed by atoms with Crippen molar-refractivity contribution in [2.45, 2.75) is 13.5 Å². The molecule has 0 bridgehead atoms. The number of benzene rings is 1. The Kier molecular flexibility index (Phi) is 6.82. The van der Waals surface area contributed by atoms with Gasteiger partial charge >= 0.3 is 5.97 Å². The van der Waals surface area contributed by atoms with Crippen LogP contribution in [-0.2, 0) is 16.0 Å². The second-order valence-electron chi connectivity index (χ2n) is 8.11. The maximum Gasteiger partial charge on any atom is 0.341 e. The summed E-state index contributed by atoms with van der Waals surface area (Å²) in [6, 6.07) is 12.2. The molecule has 0 spiro atoms. The van der Waals surface area contributed by atoms with Crippen LogP contribution in [0.1, 0.15) is 22.2 Å². The van der Waals surface area contributed by atoms with Gasteiger partial charge in [0.2, 0.25) is 5.95 Å². The molecule has 0 radical (unpaired) electrons. The summed E-state index contributed by atoms with van der Waals surface area (Å²) in [6.45, 7) is 5.65. The minimum atomic E-state index is -0.422. The van der Waals surface area contributed by atoms with Crippen LogP contribution in [0.5, 0.6) is 0 Å². The summed E-state index contributed by atoms with van der Waals surface area (Å²) in [6.07, 6.45) is 2.99. The minimum Gasteiger partial charge on any atom is -0.462 e. The van der Waals surface area contributed by atoms with E-state index in [2.05, 4.69) is 20.9 Å². The van der Waals surface area contributed by atoms with Crippen LogP contribution in [0.4, 0.5) is 11.8 Å². The van der Waals surface area contributed by atoms with Crippen LogP contribution in [-0.4, -0.2) is 65.9 Å². The Hall–Kier alpha value is -3.63. The van der Waals surface area contributed by atoms with Crippen molar-refractivity contribution in [3.05, 3.63) is 59.2 Å². The van der Waals surface area contributed by atoms with Crippen molar-refractivity contribution in [2.75, 3.05) is 49.8 Å². The number of thiophene rings is 1. The number of fused-ring (bicyclic) bond motifs is 1. The second-order valence-corrected chi connectivity index (χ2v) is 9.25. The summed E-state index contributed by atoms with van der Waals surface area (Å²) in [4.78, 5) is 35.8. The summed E-state index contributed by atoms with van der Waals surface area (Å²) in [5, 5.41) is 0. The number of hydrogen-bond donors (Lipinski definition) is 0. The fourth-order valence-corrected chi connectivity index (χ4v) is 5.06. The molecule has 1 saturated heterocycles. The lowest BCUT2D eigenvalue weighted by molar-refractivity contribution is 0.0525. The Labute approximate surface area is 207 Å². The lowest BCUT2D eigenvalue weighted by atomic mass is 10.2. The monoisotopic (exact) mass is 490 g/mol. The molecule has 0 N–H and O–H groups in total. The topological polar surface area (TPSA) is 93.6 Å². The van der Waals surface area contributed by atoms with Crippen LogP contribution >= 0.6 is 11.3 Å². The van der Waals surface area contributed by atoms with Gasteiger partial charge in [0.15, 0.2) is 11.6 Å². The third kappa shape index (κ3) is 5.08. The molecule has 0 amide bonds. The van der Waals surface area contributed by atoms with E-state index in [1.54, 1.807) is 18.3 Å². The Balaban J connectivity index is 1.44. The van der Waals surface area contributed by atoms with Crippen LogP contribution < -0.4 is 9.80 Å². The van der Waals surface area contributed by atoms with Crippen molar-refractivity contribution in [3.63, 3.8) is 0 Å². The van der Waals surface area contributed by atoms with Gasteiger partial charge in [-0.15, -0.1) is 11.3 Å². The standard InChI is InChI=1S/C25H26N6O3S/c1-3-34-24(32)18-14-26-25(27-15-18)30(2)16-19-13-20-21(35-19)23(31-9-11-33-12-10-31)29-22(28-20)17-7-5-4-6-8-17/h4-8,13-15H,3,9-12,16H2,1-2H3. The SMILES string of the molecule is CCOC(=O)c1cnc(N(C)Cc2cc3nc(-c4ccccc4)nc(N4CCOCC4)c3s2)nc1. The third-order valence-electron chi connectivity index (χ3n) is 5.63. The molecule has 1 aliphatic rings. The highest BCUT2D eigenvalue weighted by Crippen LogP contribution is 2.35. The molecule has 4 aromatic rings. The minimum absolute atomic E-state index is 0.313. The molecular weight excluding hydrogens is 464 g/mol. The van der Waals surface area contributed by atoms with E-state index in [9.17, 15) is 4.79 Å². The van der Waals surface area contributed by atoms with Crippen molar-refractivity contribution >= 4 is 39.3 Å². The van der Waals surface area contributed by atoms with Crippen molar-refractivity contribution in [1.82, 2.24) is 19.9 Å². The number of nitrogens with zero attached hydrogens (tertiary/aromatic N) is 6. The van der Waals surface area contributed by atoms with E-state index in [0.29, 0.717) is 37.9 Å². The van der Waals surface area contributed by atoms with Crippen LogP contribution in [0, 0.1) is 0 Å². The molecule has 0 aliphatic carbocycles. The van der Waals surface area contributed by atoms with E-state index >= 15 is 0 Å². The Morgan fingerprint density at radius 2 is 1.89 bits per heavy atom. The highest BCUT2D eigenvalue weighted by molar-refractivity contribution is 7.19. The van der Waals surface area contributed by atoms with Crippen LogP contribution in [0.15, 0.2) is 48.8 Å². The van der Waals surface area contributed by atoms with Gasteiger partial charge in [-0.05, 0) is 13.0 Å². The molecule has 0 atom stereocenters. The highest BCUT2D eigenvalue weighted by atomic mass is 32.1. The quantitative estimate of drug-likeness (QED) is 0.359. The fourth-order valence-electron chi connectivity index (χ4n) is 3.89. The second kappa shape index (κ2) is 10.3. The van der Waals surface area contributed by atoms with Crippen molar-refractivity contribution < 1.29 is 14.3 Å². The van der Waals surface area contributed by atoms with Gasteiger partial charge in [-0.25, -0.2) is 24.7 Å². The zero-order chi connectivity index (χ0) is 24.2. The van der Waals surface area contributed by atoms with E-state index in [-0.39, 0.29) is 0 Å². The van der Waals surface area contributed by atoms with Gasteiger partial charge in [0.1, 0.15) is 0 Å². The summed E-state index contributed by atoms with van der Waals surface area (Å²) >= 11 is 1.68. The molecule has 10 heteroatoms. The zero-order valence-corrected chi connectivity index (χ0v) is 20.5. The number of aromatic nitrogens is 4. The largest absolute Gasteiger partial charge is 0.462 e. The Bertz CT molecular complexity index is 1310. The zero-order valence-electron chi connectivity index (χ0n) is 19.7.